The van der Waals surface area contributed by atoms with E-state index in [0.29, 0.717) is 19.5 Å². The minimum absolute atomic E-state index is 0.111. The number of benzene rings is 1. The van der Waals surface area contributed by atoms with Crippen molar-refractivity contribution in [1.29, 1.82) is 0 Å². The highest BCUT2D eigenvalue weighted by Crippen LogP contribution is 2.21. The first-order valence-electron chi connectivity index (χ1n) is 6.07. The molecule has 18 heavy (non-hydrogen) atoms. The Morgan fingerprint density at radius 2 is 2.00 bits per heavy atom. The lowest BCUT2D eigenvalue weighted by Crippen LogP contribution is -2.25. The van der Waals surface area contributed by atoms with Crippen molar-refractivity contribution in [3.63, 3.8) is 0 Å². The van der Waals surface area contributed by atoms with Crippen LogP contribution < -0.4 is 11.1 Å². The number of hydrogen-bond donors (Lipinski definition) is 2. The van der Waals surface area contributed by atoms with Crippen LogP contribution in [0.5, 0.6) is 0 Å². The monoisotopic (exact) mass is 286 g/mol. The summed E-state index contributed by atoms with van der Waals surface area (Å²) in [7, 11) is 0. The number of nitrogens with one attached hydrogen (secondary N) is 1. The quantitative estimate of drug-likeness (QED) is 0.571. The van der Waals surface area contributed by atoms with Crippen LogP contribution in [0.25, 0.3) is 0 Å². The predicted molar refractivity (Wildman–Crippen MR) is 78.1 cm³/mol. The van der Waals surface area contributed by atoms with Gasteiger partial charge in [-0.05, 0) is 49.4 Å². The highest BCUT2D eigenvalue weighted by atomic mass is 35.5. The van der Waals surface area contributed by atoms with Crippen LogP contribution in [0.1, 0.15) is 19.3 Å². The van der Waals surface area contributed by atoms with Gasteiger partial charge < -0.3 is 11.1 Å². The van der Waals surface area contributed by atoms with Gasteiger partial charge in [-0.15, -0.1) is 11.8 Å². The summed E-state index contributed by atoms with van der Waals surface area (Å²) >= 11 is 7.54. The highest BCUT2D eigenvalue weighted by molar-refractivity contribution is 7.99. The number of halogens is 1. The lowest BCUT2D eigenvalue weighted by Gasteiger charge is -2.04. The van der Waals surface area contributed by atoms with Crippen LogP contribution in [0.4, 0.5) is 0 Å². The third kappa shape index (κ3) is 6.89. The van der Waals surface area contributed by atoms with E-state index in [-0.39, 0.29) is 5.91 Å². The Hall–Kier alpha value is -0.710. The Balaban J connectivity index is 2.07. The van der Waals surface area contributed by atoms with Gasteiger partial charge >= 0.3 is 0 Å². The molecule has 5 heteroatoms. The molecule has 0 unspecified atom stereocenters. The number of thioether (sulfide) groups is 1. The second kappa shape index (κ2) is 9.25. The molecule has 0 atom stereocenters. The van der Waals surface area contributed by atoms with E-state index in [1.54, 1.807) is 11.8 Å². The van der Waals surface area contributed by atoms with Crippen molar-refractivity contribution in [2.24, 2.45) is 5.73 Å². The van der Waals surface area contributed by atoms with E-state index in [4.69, 9.17) is 17.3 Å². The van der Waals surface area contributed by atoms with E-state index < -0.39 is 0 Å². The molecule has 1 amide bonds. The Kier molecular flexibility index (Phi) is 7.89. The molecule has 0 spiro atoms. The number of carbonyl (C=O) groups excluding carboxylic acids is 1. The Morgan fingerprint density at radius 1 is 1.28 bits per heavy atom. The van der Waals surface area contributed by atoms with Crippen molar-refractivity contribution in [3.05, 3.63) is 29.3 Å². The van der Waals surface area contributed by atoms with Crippen LogP contribution in [0, 0.1) is 0 Å². The number of carbonyl (C=O) groups is 1. The van der Waals surface area contributed by atoms with Gasteiger partial charge in [-0.3, -0.25) is 4.79 Å². The SMILES string of the molecule is NCCCNC(=O)CCCSc1ccc(Cl)cc1. The molecule has 0 aliphatic rings. The van der Waals surface area contributed by atoms with E-state index in [9.17, 15) is 4.79 Å². The number of nitrogens with two attached hydrogens (primary N) is 1. The van der Waals surface area contributed by atoms with E-state index in [1.807, 2.05) is 24.3 Å². The molecule has 100 valence electrons. The van der Waals surface area contributed by atoms with Gasteiger partial charge in [0.2, 0.25) is 5.91 Å². The molecular weight excluding hydrogens is 268 g/mol. The van der Waals surface area contributed by atoms with Crippen molar-refractivity contribution in [2.45, 2.75) is 24.2 Å². The largest absolute Gasteiger partial charge is 0.356 e. The van der Waals surface area contributed by atoms with E-state index in [2.05, 4.69) is 5.32 Å². The maximum Gasteiger partial charge on any atom is 0.220 e. The topological polar surface area (TPSA) is 55.1 Å². The molecule has 0 aromatic heterocycles. The van der Waals surface area contributed by atoms with Gasteiger partial charge in [-0.25, -0.2) is 0 Å². The summed E-state index contributed by atoms with van der Waals surface area (Å²) < 4.78 is 0. The molecule has 1 aromatic carbocycles. The third-order valence-corrected chi connectivity index (χ3v) is 3.68. The zero-order chi connectivity index (χ0) is 13.2. The highest BCUT2D eigenvalue weighted by Gasteiger charge is 2.00. The molecule has 0 bridgehead atoms. The molecule has 3 nitrogen and oxygen atoms in total. The van der Waals surface area contributed by atoms with Crippen LogP contribution in [0.3, 0.4) is 0 Å². The molecule has 0 heterocycles. The minimum Gasteiger partial charge on any atom is -0.356 e. The van der Waals surface area contributed by atoms with Gasteiger partial charge in [0.1, 0.15) is 0 Å². The lowest BCUT2D eigenvalue weighted by atomic mass is 10.3. The number of hydrogen-bond acceptors (Lipinski definition) is 3. The molecular formula is C13H19ClN2OS. The molecule has 0 saturated carbocycles. The zero-order valence-corrected chi connectivity index (χ0v) is 11.9. The fourth-order valence-electron chi connectivity index (χ4n) is 1.37. The van der Waals surface area contributed by atoms with E-state index in [0.717, 1.165) is 23.6 Å². The summed E-state index contributed by atoms with van der Waals surface area (Å²) in [6.07, 6.45) is 2.29. The number of amides is 1. The third-order valence-electron chi connectivity index (χ3n) is 2.33. The second-order valence-corrected chi connectivity index (χ2v) is 5.50. The van der Waals surface area contributed by atoms with Gasteiger partial charge in [0, 0.05) is 22.9 Å². The zero-order valence-electron chi connectivity index (χ0n) is 10.3. The van der Waals surface area contributed by atoms with Gasteiger partial charge in [0.05, 0.1) is 0 Å². The minimum atomic E-state index is 0.111. The maximum atomic E-state index is 11.4. The van der Waals surface area contributed by atoms with Crippen molar-refractivity contribution in [1.82, 2.24) is 5.32 Å². The van der Waals surface area contributed by atoms with E-state index in [1.165, 1.54) is 4.90 Å². The van der Waals surface area contributed by atoms with Gasteiger partial charge in [0.15, 0.2) is 0 Å². The smallest absolute Gasteiger partial charge is 0.220 e. The van der Waals surface area contributed by atoms with Gasteiger partial charge in [-0.1, -0.05) is 11.6 Å². The van der Waals surface area contributed by atoms with E-state index >= 15 is 0 Å². The Labute approximate surface area is 117 Å². The average Bonchev–Trinajstić information content (AvgIpc) is 2.37. The summed E-state index contributed by atoms with van der Waals surface area (Å²) in [5.41, 5.74) is 5.35. The fraction of sp³-hybridized carbons (Fsp3) is 0.462. The van der Waals surface area contributed by atoms with Gasteiger partial charge in [-0.2, -0.15) is 0 Å². The summed E-state index contributed by atoms with van der Waals surface area (Å²) in [6, 6.07) is 7.75. The second-order valence-electron chi connectivity index (χ2n) is 3.90. The molecule has 1 aromatic rings. The molecule has 0 saturated heterocycles. The van der Waals surface area contributed by atoms with Crippen LogP contribution in [-0.2, 0) is 4.79 Å². The van der Waals surface area contributed by atoms with Crippen LogP contribution >= 0.6 is 23.4 Å². The van der Waals surface area contributed by atoms with Crippen LogP contribution in [-0.4, -0.2) is 24.7 Å². The van der Waals surface area contributed by atoms with Crippen molar-refractivity contribution < 1.29 is 4.79 Å². The summed E-state index contributed by atoms with van der Waals surface area (Å²) in [5.74, 6) is 1.05. The van der Waals surface area contributed by atoms with Crippen molar-refractivity contribution in [3.8, 4) is 0 Å². The Bertz CT molecular complexity index is 357. The molecule has 1 rings (SSSR count). The first kappa shape index (κ1) is 15.3. The van der Waals surface area contributed by atoms with Crippen LogP contribution in [0.15, 0.2) is 29.2 Å². The standard InChI is InChI=1S/C13H19ClN2OS/c14-11-4-6-12(7-5-11)18-10-1-3-13(17)16-9-2-8-15/h4-7H,1-3,8-10,15H2,(H,16,17). The average molecular weight is 287 g/mol. The molecule has 3 N–H and O–H groups in total. The lowest BCUT2D eigenvalue weighted by molar-refractivity contribution is -0.121. The maximum absolute atomic E-state index is 11.4. The van der Waals surface area contributed by atoms with Gasteiger partial charge in [0.25, 0.3) is 0 Å². The van der Waals surface area contributed by atoms with Crippen LogP contribution in [0.2, 0.25) is 5.02 Å². The molecule has 0 aliphatic heterocycles. The molecule has 0 fully saturated rings. The summed E-state index contributed by atoms with van der Waals surface area (Å²) in [5, 5.41) is 3.59. The summed E-state index contributed by atoms with van der Waals surface area (Å²) in [6.45, 7) is 1.30. The normalized spacial score (nSPS) is 10.3. The summed E-state index contributed by atoms with van der Waals surface area (Å²) in [4.78, 5) is 12.6. The first-order chi connectivity index (χ1) is 8.72. The fourth-order valence-corrected chi connectivity index (χ4v) is 2.35. The Morgan fingerprint density at radius 3 is 2.67 bits per heavy atom. The molecule has 0 aliphatic carbocycles. The number of rotatable bonds is 8. The molecule has 0 radical (unpaired) electrons. The van der Waals surface area contributed by atoms with Crippen molar-refractivity contribution in [2.75, 3.05) is 18.8 Å². The van der Waals surface area contributed by atoms with Crippen molar-refractivity contribution >= 4 is 29.3 Å². The first-order valence-corrected chi connectivity index (χ1v) is 7.44. The predicted octanol–water partition coefficient (Wildman–Crippen LogP) is 2.68.